The Hall–Kier alpha value is -1.37. The summed E-state index contributed by atoms with van der Waals surface area (Å²) in [6.07, 6.45) is 8.29. The van der Waals surface area contributed by atoms with E-state index in [9.17, 15) is 13.2 Å². The summed E-state index contributed by atoms with van der Waals surface area (Å²) >= 11 is 0. The third kappa shape index (κ3) is 3.69. The molecule has 1 amide bonds. The number of rotatable bonds is 5. The van der Waals surface area contributed by atoms with E-state index in [4.69, 9.17) is 0 Å². The van der Waals surface area contributed by atoms with Crippen LogP contribution < -0.4 is 0 Å². The topological polar surface area (TPSA) is 83.1 Å². The van der Waals surface area contributed by atoms with Gasteiger partial charge in [-0.25, -0.2) is 8.42 Å². The van der Waals surface area contributed by atoms with Gasteiger partial charge in [0, 0.05) is 25.8 Å². The molecule has 0 bridgehead atoms. The van der Waals surface area contributed by atoms with E-state index in [0.29, 0.717) is 30.4 Å². The van der Waals surface area contributed by atoms with Crippen molar-refractivity contribution in [2.24, 2.45) is 11.8 Å². The van der Waals surface area contributed by atoms with Gasteiger partial charge in [-0.15, -0.1) is 0 Å². The summed E-state index contributed by atoms with van der Waals surface area (Å²) in [6.45, 7) is 1.57. The van der Waals surface area contributed by atoms with Gasteiger partial charge in [-0.3, -0.25) is 9.89 Å². The first-order valence-electron chi connectivity index (χ1n) is 7.93. The molecule has 1 saturated heterocycles. The number of carbonyl (C=O) groups is 1. The molecule has 2 aliphatic rings. The molecule has 2 heterocycles. The van der Waals surface area contributed by atoms with E-state index in [0.717, 1.165) is 25.9 Å². The van der Waals surface area contributed by atoms with Crippen molar-refractivity contribution in [1.82, 2.24) is 15.1 Å². The van der Waals surface area contributed by atoms with Crippen molar-refractivity contribution in [3.05, 3.63) is 11.9 Å². The number of amides is 1. The summed E-state index contributed by atoms with van der Waals surface area (Å²) in [5.41, 5.74) is 0.670. The zero-order chi connectivity index (χ0) is 15.7. The quantitative estimate of drug-likeness (QED) is 0.887. The summed E-state index contributed by atoms with van der Waals surface area (Å²) < 4.78 is 23.5. The first-order valence-corrected chi connectivity index (χ1v) is 9.82. The molecule has 7 heteroatoms. The molecule has 122 valence electrons. The number of aromatic amines is 1. The molecule has 1 aliphatic heterocycles. The molecule has 3 rings (SSSR count). The Labute approximate surface area is 131 Å². The van der Waals surface area contributed by atoms with E-state index in [1.807, 2.05) is 4.90 Å². The number of hydrogen-bond acceptors (Lipinski definition) is 4. The molecule has 0 spiro atoms. The van der Waals surface area contributed by atoms with Crippen molar-refractivity contribution >= 4 is 15.7 Å². The van der Waals surface area contributed by atoms with E-state index < -0.39 is 9.84 Å². The molecule has 1 saturated carbocycles. The first kappa shape index (κ1) is 15.5. The van der Waals surface area contributed by atoms with Gasteiger partial charge in [0.1, 0.15) is 4.90 Å². The van der Waals surface area contributed by atoms with Crippen LogP contribution in [-0.4, -0.2) is 48.8 Å². The third-order valence-electron chi connectivity index (χ3n) is 4.60. The zero-order valence-corrected chi connectivity index (χ0v) is 13.7. The minimum atomic E-state index is -3.25. The Morgan fingerprint density at radius 2 is 2.14 bits per heavy atom. The van der Waals surface area contributed by atoms with Crippen molar-refractivity contribution in [1.29, 1.82) is 0 Å². The largest absolute Gasteiger partial charge is 0.342 e. The Kier molecular flexibility index (Phi) is 4.25. The molecule has 1 aliphatic carbocycles. The van der Waals surface area contributed by atoms with Gasteiger partial charge in [-0.05, 0) is 43.9 Å². The minimum absolute atomic E-state index is 0.264. The van der Waals surface area contributed by atoms with Gasteiger partial charge in [-0.2, -0.15) is 5.10 Å². The second-order valence-electron chi connectivity index (χ2n) is 6.68. The second kappa shape index (κ2) is 6.02. The average Bonchev–Trinajstić information content (AvgIpc) is 3.13. The second-order valence-corrected chi connectivity index (χ2v) is 8.67. The van der Waals surface area contributed by atoms with Gasteiger partial charge in [-0.1, -0.05) is 0 Å². The minimum Gasteiger partial charge on any atom is -0.342 e. The summed E-state index contributed by atoms with van der Waals surface area (Å²) in [5.74, 6) is 1.18. The van der Waals surface area contributed by atoms with Crippen molar-refractivity contribution in [2.45, 2.75) is 43.4 Å². The first-order chi connectivity index (χ1) is 10.4. The maximum absolute atomic E-state index is 12.2. The number of aromatic nitrogens is 2. The highest BCUT2D eigenvalue weighted by atomic mass is 32.2. The molecule has 22 heavy (non-hydrogen) atoms. The van der Waals surface area contributed by atoms with E-state index in [1.54, 1.807) is 0 Å². The molecule has 0 unspecified atom stereocenters. The van der Waals surface area contributed by atoms with Crippen LogP contribution in [0.15, 0.2) is 11.1 Å². The predicted octanol–water partition coefficient (Wildman–Crippen LogP) is 1.39. The highest BCUT2D eigenvalue weighted by Gasteiger charge is 2.30. The Morgan fingerprint density at radius 1 is 1.36 bits per heavy atom. The van der Waals surface area contributed by atoms with Crippen LogP contribution >= 0.6 is 0 Å². The van der Waals surface area contributed by atoms with Gasteiger partial charge < -0.3 is 4.90 Å². The van der Waals surface area contributed by atoms with Crippen LogP contribution in [0.2, 0.25) is 0 Å². The summed E-state index contributed by atoms with van der Waals surface area (Å²) in [6, 6.07) is 0. The number of hydrogen-bond donors (Lipinski definition) is 1. The van der Waals surface area contributed by atoms with Crippen LogP contribution in [0.1, 0.15) is 37.8 Å². The maximum Gasteiger partial charge on any atom is 0.222 e. The highest BCUT2D eigenvalue weighted by molar-refractivity contribution is 7.90. The number of likely N-dealkylation sites (tertiary alicyclic amines) is 1. The van der Waals surface area contributed by atoms with E-state index >= 15 is 0 Å². The molecule has 1 atom stereocenters. The zero-order valence-electron chi connectivity index (χ0n) is 12.9. The van der Waals surface area contributed by atoms with Crippen LogP contribution in [0.25, 0.3) is 0 Å². The SMILES string of the molecule is CS(=O)(=O)c1cn[nH]c1C[C@@H]1CCCN(C(=O)CC2CC2)C1. The molecule has 1 aromatic heterocycles. The molecule has 0 aromatic carbocycles. The third-order valence-corrected chi connectivity index (χ3v) is 5.75. The smallest absolute Gasteiger partial charge is 0.222 e. The maximum atomic E-state index is 12.2. The summed E-state index contributed by atoms with van der Waals surface area (Å²) in [4.78, 5) is 14.5. The lowest BCUT2D eigenvalue weighted by Gasteiger charge is -2.33. The number of H-pyrrole nitrogens is 1. The number of sulfone groups is 1. The van der Waals surface area contributed by atoms with Crippen LogP contribution in [0.4, 0.5) is 0 Å². The number of piperidine rings is 1. The Morgan fingerprint density at radius 3 is 2.82 bits per heavy atom. The van der Waals surface area contributed by atoms with Crippen LogP contribution in [0, 0.1) is 11.8 Å². The molecular weight excluding hydrogens is 302 g/mol. The number of nitrogens with zero attached hydrogens (tertiary/aromatic N) is 2. The van der Waals surface area contributed by atoms with Crippen molar-refractivity contribution < 1.29 is 13.2 Å². The van der Waals surface area contributed by atoms with Gasteiger partial charge in [0.05, 0.1) is 11.9 Å². The van der Waals surface area contributed by atoms with Gasteiger partial charge in [0.2, 0.25) is 5.91 Å². The normalized spacial score (nSPS) is 22.8. The van der Waals surface area contributed by atoms with Crippen LogP contribution in [-0.2, 0) is 21.1 Å². The van der Waals surface area contributed by atoms with Gasteiger partial charge in [0.25, 0.3) is 0 Å². The highest BCUT2D eigenvalue weighted by Crippen LogP contribution is 2.33. The fraction of sp³-hybridized carbons (Fsp3) is 0.733. The predicted molar refractivity (Wildman–Crippen MR) is 82.0 cm³/mol. The lowest BCUT2D eigenvalue weighted by molar-refractivity contribution is -0.133. The molecule has 1 aromatic rings. The average molecular weight is 325 g/mol. The monoisotopic (exact) mass is 325 g/mol. The Balaban J connectivity index is 1.63. The molecular formula is C15H23N3O3S. The fourth-order valence-corrected chi connectivity index (χ4v) is 4.03. The van der Waals surface area contributed by atoms with Gasteiger partial charge >= 0.3 is 0 Å². The van der Waals surface area contributed by atoms with E-state index in [2.05, 4.69) is 10.2 Å². The fourth-order valence-electron chi connectivity index (χ4n) is 3.21. The number of carbonyl (C=O) groups excluding carboxylic acids is 1. The summed E-state index contributed by atoms with van der Waals surface area (Å²) in [5, 5.41) is 6.68. The Bertz CT molecular complexity index is 649. The summed E-state index contributed by atoms with van der Waals surface area (Å²) in [7, 11) is -3.25. The molecule has 6 nitrogen and oxygen atoms in total. The van der Waals surface area contributed by atoms with Crippen LogP contribution in [0.3, 0.4) is 0 Å². The standard InChI is InChI=1S/C15H23N3O3S/c1-22(20,21)14-9-16-17-13(14)7-12-3-2-6-18(10-12)15(19)8-11-4-5-11/h9,11-12H,2-8,10H2,1H3,(H,16,17)/t12-/m0/s1. The molecule has 0 radical (unpaired) electrons. The van der Waals surface area contributed by atoms with E-state index in [1.165, 1.54) is 25.3 Å². The molecule has 2 fully saturated rings. The van der Waals surface area contributed by atoms with Crippen LogP contribution in [0.5, 0.6) is 0 Å². The van der Waals surface area contributed by atoms with Gasteiger partial charge in [0.15, 0.2) is 9.84 Å². The van der Waals surface area contributed by atoms with Crippen molar-refractivity contribution in [3.8, 4) is 0 Å². The van der Waals surface area contributed by atoms with Crippen molar-refractivity contribution in [3.63, 3.8) is 0 Å². The van der Waals surface area contributed by atoms with Crippen molar-refractivity contribution in [2.75, 3.05) is 19.3 Å². The molecule has 1 N–H and O–H groups in total. The lowest BCUT2D eigenvalue weighted by Crippen LogP contribution is -2.40. The van der Waals surface area contributed by atoms with E-state index in [-0.39, 0.29) is 10.8 Å². The lowest BCUT2D eigenvalue weighted by atomic mass is 9.93. The number of nitrogens with one attached hydrogen (secondary N) is 1.